The maximum absolute atomic E-state index is 10.7. The fourth-order valence-electron chi connectivity index (χ4n) is 2.87. The summed E-state index contributed by atoms with van der Waals surface area (Å²) in [4.78, 5) is 8.59. The molecule has 10 nitrogen and oxygen atoms in total. The van der Waals surface area contributed by atoms with Crippen LogP contribution in [0.3, 0.4) is 0 Å². The Labute approximate surface area is 168 Å². The van der Waals surface area contributed by atoms with Crippen molar-refractivity contribution in [1.82, 2.24) is 10.3 Å². The fraction of sp³-hybridized carbons (Fsp3) is 0.176. The molecule has 7 N–H and O–H groups in total. The number of aromatic nitrogens is 1. The molecule has 0 fully saturated rings. The number of nitrogens with two attached hydrogens (primary N) is 2. The predicted molar refractivity (Wildman–Crippen MR) is 106 cm³/mol. The van der Waals surface area contributed by atoms with Gasteiger partial charge in [0.15, 0.2) is 17.7 Å². The second-order valence-electron chi connectivity index (χ2n) is 5.68. The molecule has 1 aliphatic heterocycles. The summed E-state index contributed by atoms with van der Waals surface area (Å²) in [5, 5.41) is 34.3. The average Bonchev–Trinajstić information content (AvgIpc) is 2.64. The van der Waals surface area contributed by atoms with E-state index in [1.165, 1.54) is 0 Å². The second-order valence-corrected chi connectivity index (χ2v) is 6.59. The van der Waals surface area contributed by atoms with E-state index in [9.17, 15) is 10.4 Å². The van der Waals surface area contributed by atoms with Gasteiger partial charge in [-0.1, -0.05) is 15.9 Å². The van der Waals surface area contributed by atoms with Crippen LogP contribution in [-0.2, 0) is 0 Å². The van der Waals surface area contributed by atoms with Crippen molar-refractivity contribution in [3.63, 3.8) is 0 Å². The van der Waals surface area contributed by atoms with Crippen LogP contribution in [0.2, 0.25) is 0 Å². The SMILES string of the molecule is CCOc1cc(Br)cc(C2N=C(NC#N)Nc3nc(N)c(C#N)c(N)c32)c1O. The minimum atomic E-state index is -0.871. The van der Waals surface area contributed by atoms with Gasteiger partial charge in [-0.15, -0.1) is 0 Å². The zero-order valence-electron chi connectivity index (χ0n) is 14.6. The van der Waals surface area contributed by atoms with Crippen molar-refractivity contribution in [2.75, 3.05) is 23.4 Å². The third-order valence-electron chi connectivity index (χ3n) is 4.02. The molecule has 1 aromatic heterocycles. The summed E-state index contributed by atoms with van der Waals surface area (Å²) in [5.41, 5.74) is 12.8. The molecule has 0 amide bonds. The van der Waals surface area contributed by atoms with Gasteiger partial charge in [-0.3, -0.25) is 5.32 Å². The van der Waals surface area contributed by atoms with E-state index in [1.807, 2.05) is 6.07 Å². The predicted octanol–water partition coefficient (Wildman–Crippen LogP) is 1.93. The Morgan fingerprint density at radius 1 is 1.39 bits per heavy atom. The van der Waals surface area contributed by atoms with Crippen molar-refractivity contribution in [3.05, 3.63) is 33.3 Å². The van der Waals surface area contributed by atoms with Crippen molar-refractivity contribution in [1.29, 1.82) is 10.5 Å². The van der Waals surface area contributed by atoms with E-state index in [4.69, 9.17) is 21.5 Å². The Morgan fingerprint density at radius 3 is 2.79 bits per heavy atom. The number of guanidine groups is 1. The molecule has 11 heteroatoms. The first-order valence-electron chi connectivity index (χ1n) is 8.05. The van der Waals surface area contributed by atoms with E-state index in [-0.39, 0.29) is 40.3 Å². The number of aromatic hydroxyl groups is 1. The number of phenols is 1. The highest BCUT2D eigenvalue weighted by atomic mass is 79.9. The molecule has 0 bridgehead atoms. The first-order valence-corrected chi connectivity index (χ1v) is 8.84. The summed E-state index contributed by atoms with van der Waals surface area (Å²) < 4.78 is 6.11. The largest absolute Gasteiger partial charge is 0.504 e. The highest BCUT2D eigenvalue weighted by Gasteiger charge is 2.32. The van der Waals surface area contributed by atoms with Gasteiger partial charge in [0.05, 0.1) is 12.3 Å². The molecule has 3 rings (SSSR count). The van der Waals surface area contributed by atoms with E-state index in [2.05, 4.69) is 36.5 Å². The number of rotatable bonds is 3. The molecule has 142 valence electrons. The van der Waals surface area contributed by atoms with Crippen molar-refractivity contribution in [2.24, 2.45) is 4.99 Å². The number of nitrogens with one attached hydrogen (secondary N) is 2. The lowest BCUT2D eigenvalue weighted by Crippen LogP contribution is -2.32. The maximum Gasteiger partial charge on any atom is 0.211 e. The number of pyridine rings is 1. The number of halogens is 1. The summed E-state index contributed by atoms with van der Waals surface area (Å²) in [5.74, 6) is 0.367. The number of aliphatic imine (C=N–C) groups is 1. The van der Waals surface area contributed by atoms with E-state index in [1.54, 1.807) is 25.2 Å². The van der Waals surface area contributed by atoms with Crippen molar-refractivity contribution >= 4 is 39.2 Å². The monoisotopic (exact) mass is 442 g/mol. The number of hydrogen-bond acceptors (Lipinski definition) is 10. The number of benzene rings is 1. The number of nitrogen functional groups attached to an aromatic ring is 2. The second kappa shape index (κ2) is 7.50. The van der Waals surface area contributed by atoms with Gasteiger partial charge >= 0.3 is 0 Å². The average molecular weight is 443 g/mol. The number of hydrogen-bond donors (Lipinski definition) is 5. The summed E-state index contributed by atoms with van der Waals surface area (Å²) in [7, 11) is 0. The molecule has 2 aromatic rings. The van der Waals surface area contributed by atoms with Gasteiger partial charge in [-0.05, 0) is 19.1 Å². The molecule has 1 aromatic carbocycles. The summed E-state index contributed by atoms with van der Waals surface area (Å²) in [6.45, 7) is 2.13. The van der Waals surface area contributed by atoms with Gasteiger partial charge < -0.3 is 26.6 Å². The first kappa shape index (κ1) is 19.1. The maximum atomic E-state index is 10.7. The van der Waals surface area contributed by atoms with Crippen molar-refractivity contribution < 1.29 is 9.84 Å². The molecule has 0 spiro atoms. The molecular formula is C17H15BrN8O2. The van der Waals surface area contributed by atoms with Gasteiger partial charge in [0.2, 0.25) is 5.96 Å². The molecule has 0 saturated heterocycles. The number of anilines is 3. The van der Waals surface area contributed by atoms with Gasteiger partial charge in [0, 0.05) is 15.6 Å². The summed E-state index contributed by atoms with van der Waals surface area (Å²) in [6.07, 6.45) is 1.77. The van der Waals surface area contributed by atoms with Gasteiger partial charge in [-0.2, -0.15) is 10.5 Å². The van der Waals surface area contributed by atoms with Crippen LogP contribution in [0.4, 0.5) is 17.3 Å². The van der Waals surface area contributed by atoms with Crippen LogP contribution in [-0.4, -0.2) is 22.7 Å². The molecule has 1 unspecified atom stereocenters. The Balaban J connectivity index is 2.30. The Kier molecular flexibility index (Phi) is 5.11. The Bertz CT molecular complexity index is 1070. The lowest BCUT2D eigenvalue weighted by atomic mass is 9.94. The van der Waals surface area contributed by atoms with Crippen LogP contribution in [0.5, 0.6) is 11.5 Å². The number of fused-ring (bicyclic) bond motifs is 1. The van der Waals surface area contributed by atoms with Crippen LogP contribution in [0.25, 0.3) is 0 Å². The summed E-state index contributed by atoms with van der Waals surface area (Å²) in [6, 6.07) is 4.32. The van der Waals surface area contributed by atoms with Crippen LogP contribution in [0.15, 0.2) is 21.6 Å². The highest BCUT2D eigenvalue weighted by molar-refractivity contribution is 9.10. The third kappa shape index (κ3) is 3.19. The van der Waals surface area contributed by atoms with Crippen LogP contribution < -0.4 is 26.8 Å². The quantitative estimate of drug-likeness (QED) is 0.350. The lowest BCUT2D eigenvalue weighted by Gasteiger charge is -2.27. The minimum absolute atomic E-state index is 0.0111. The van der Waals surface area contributed by atoms with Crippen LogP contribution in [0, 0.1) is 22.8 Å². The molecule has 1 atom stereocenters. The number of ether oxygens (including phenoxy) is 1. The van der Waals surface area contributed by atoms with E-state index >= 15 is 0 Å². The first-order chi connectivity index (χ1) is 13.4. The Hall–Kier alpha value is -3.70. The third-order valence-corrected chi connectivity index (χ3v) is 4.48. The normalized spacial score (nSPS) is 14.7. The number of nitrogens with zero attached hydrogens (tertiary/aromatic N) is 4. The fourth-order valence-corrected chi connectivity index (χ4v) is 3.33. The van der Waals surface area contributed by atoms with Crippen LogP contribution >= 0.6 is 15.9 Å². The topological polar surface area (TPSA) is 178 Å². The Morgan fingerprint density at radius 2 is 2.14 bits per heavy atom. The molecule has 0 radical (unpaired) electrons. The molecular weight excluding hydrogens is 428 g/mol. The zero-order chi connectivity index (χ0) is 20.4. The lowest BCUT2D eigenvalue weighted by molar-refractivity contribution is 0.316. The highest BCUT2D eigenvalue weighted by Crippen LogP contribution is 2.46. The molecule has 0 aliphatic carbocycles. The van der Waals surface area contributed by atoms with E-state index < -0.39 is 6.04 Å². The molecule has 1 aliphatic rings. The zero-order valence-corrected chi connectivity index (χ0v) is 16.2. The van der Waals surface area contributed by atoms with Crippen molar-refractivity contribution in [3.8, 4) is 23.8 Å². The minimum Gasteiger partial charge on any atom is -0.504 e. The summed E-state index contributed by atoms with van der Waals surface area (Å²) >= 11 is 3.39. The van der Waals surface area contributed by atoms with Crippen molar-refractivity contribution in [2.45, 2.75) is 13.0 Å². The molecule has 0 saturated carbocycles. The number of nitriles is 2. The van der Waals surface area contributed by atoms with E-state index in [0.29, 0.717) is 22.2 Å². The smallest absolute Gasteiger partial charge is 0.211 e. The van der Waals surface area contributed by atoms with Gasteiger partial charge in [0.25, 0.3) is 0 Å². The van der Waals surface area contributed by atoms with Gasteiger partial charge in [-0.25, -0.2) is 9.98 Å². The van der Waals surface area contributed by atoms with Gasteiger partial charge in [0.1, 0.15) is 29.3 Å². The van der Waals surface area contributed by atoms with E-state index in [0.717, 1.165) is 0 Å². The molecule has 2 heterocycles. The standard InChI is InChI=1S/C17H15BrN8O2/c1-2-28-10-4-7(18)3-8(14(10)27)13-11-12(21)9(5-19)15(22)25-16(11)26-17(24-13)23-6-20/h3-4,13,27H,2H2,1H3,(H6,21,22,23,24,25,26). The van der Waals surface area contributed by atoms with Crippen LogP contribution in [0.1, 0.15) is 29.7 Å². The number of phenolic OH excluding ortho intramolecular Hbond substituents is 1. The molecule has 28 heavy (non-hydrogen) atoms.